The summed E-state index contributed by atoms with van der Waals surface area (Å²) in [5, 5.41) is 2.99. The summed E-state index contributed by atoms with van der Waals surface area (Å²) in [6.45, 7) is 0. The summed E-state index contributed by atoms with van der Waals surface area (Å²) in [5.41, 5.74) is 9.71. The number of carbonyl (C=O) groups excluding carboxylic acids is 1. The Balaban J connectivity index is 3.15. The van der Waals surface area contributed by atoms with Crippen LogP contribution in [0.4, 0.5) is 5.69 Å². The second kappa shape index (κ2) is 4.94. The second-order valence-corrected chi connectivity index (χ2v) is 2.63. The molecule has 1 aromatic carbocycles. The van der Waals surface area contributed by atoms with E-state index in [0.29, 0.717) is 11.4 Å². The van der Waals surface area contributed by atoms with Crippen LogP contribution in [0, 0.1) is 5.53 Å². The lowest BCUT2D eigenvalue weighted by Gasteiger charge is -2.08. The van der Waals surface area contributed by atoms with Crippen LogP contribution in [0.2, 0.25) is 0 Å². The molecule has 0 heterocycles. The third-order valence-electron chi connectivity index (χ3n) is 1.81. The van der Waals surface area contributed by atoms with Gasteiger partial charge < -0.3 is 9.47 Å². The molecule has 0 aliphatic carbocycles. The van der Waals surface area contributed by atoms with E-state index in [0.717, 1.165) is 0 Å². The first-order valence-corrected chi connectivity index (χ1v) is 4.11. The SMILES string of the molecule is COC(=O)c1cc(OC)ccc1NN=N. The maximum absolute atomic E-state index is 11.4. The molecule has 0 unspecified atom stereocenters. The fourth-order valence-corrected chi connectivity index (χ4v) is 1.09. The van der Waals surface area contributed by atoms with E-state index < -0.39 is 5.97 Å². The maximum atomic E-state index is 11.4. The van der Waals surface area contributed by atoms with Crippen LogP contribution in [0.5, 0.6) is 5.75 Å². The number of methoxy groups -OCH3 is 2. The van der Waals surface area contributed by atoms with Gasteiger partial charge in [-0.05, 0) is 18.2 Å². The van der Waals surface area contributed by atoms with Crippen molar-refractivity contribution >= 4 is 11.7 Å². The van der Waals surface area contributed by atoms with E-state index in [2.05, 4.69) is 15.4 Å². The van der Waals surface area contributed by atoms with E-state index in [-0.39, 0.29) is 5.56 Å². The number of nitrogens with zero attached hydrogens (tertiary/aromatic N) is 1. The average molecular weight is 209 g/mol. The van der Waals surface area contributed by atoms with Crippen molar-refractivity contribution in [2.45, 2.75) is 0 Å². The molecule has 2 N–H and O–H groups in total. The van der Waals surface area contributed by atoms with Crippen LogP contribution < -0.4 is 10.2 Å². The van der Waals surface area contributed by atoms with Crippen molar-refractivity contribution in [1.82, 2.24) is 0 Å². The van der Waals surface area contributed by atoms with E-state index in [1.165, 1.54) is 20.3 Å². The van der Waals surface area contributed by atoms with Gasteiger partial charge in [-0.25, -0.2) is 4.79 Å². The van der Waals surface area contributed by atoms with Gasteiger partial charge in [0.25, 0.3) is 0 Å². The molecule has 1 aromatic rings. The minimum Gasteiger partial charge on any atom is -0.497 e. The summed E-state index contributed by atoms with van der Waals surface area (Å²) >= 11 is 0. The Morgan fingerprint density at radius 3 is 2.73 bits per heavy atom. The van der Waals surface area contributed by atoms with Gasteiger partial charge in [0.1, 0.15) is 5.75 Å². The molecule has 0 bridgehead atoms. The third kappa shape index (κ3) is 2.43. The van der Waals surface area contributed by atoms with Crippen molar-refractivity contribution in [2.75, 3.05) is 19.6 Å². The zero-order valence-electron chi connectivity index (χ0n) is 8.40. The van der Waals surface area contributed by atoms with Crippen LogP contribution in [0.25, 0.3) is 0 Å². The smallest absolute Gasteiger partial charge is 0.340 e. The van der Waals surface area contributed by atoms with Gasteiger partial charge in [0.15, 0.2) is 0 Å². The molecule has 0 radical (unpaired) electrons. The average Bonchev–Trinajstić information content (AvgIpc) is 2.29. The van der Waals surface area contributed by atoms with Crippen molar-refractivity contribution in [3.05, 3.63) is 23.8 Å². The molecule has 1 rings (SSSR count). The number of carbonyl (C=O) groups is 1. The van der Waals surface area contributed by atoms with E-state index in [1.54, 1.807) is 12.1 Å². The molecule has 0 atom stereocenters. The van der Waals surface area contributed by atoms with Crippen molar-refractivity contribution in [1.29, 1.82) is 5.53 Å². The highest BCUT2D eigenvalue weighted by Gasteiger charge is 2.12. The summed E-state index contributed by atoms with van der Waals surface area (Å²) in [6.07, 6.45) is 0. The van der Waals surface area contributed by atoms with Crippen molar-refractivity contribution in [2.24, 2.45) is 5.22 Å². The molecule has 0 amide bonds. The summed E-state index contributed by atoms with van der Waals surface area (Å²) in [7, 11) is 2.78. The number of benzene rings is 1. The van der Waals surface area contributed by atoms with Crippen molar-refractivity contribution in [3.8, 4) is 5.75 Å². The number of ether oxygens (including phenoxy) is 2. The first-order chi connectivity index (χ1) is 7.22. The number of hydrogen-bond donors (Lipinski definition) is 2. The lowest BCUT2D eigenvalue weighted by molar-refractivity contribution is 0.0601. The van der Waals surface area contributed by atoms with Gasteiger partial charge in [0.2, 0.25) is 0 Å². The predicted octanol–water partition coefficient (Wildman–Crippen LogP) is 1.84. The molecular weight excluding hydrogens is 198 g/mol. The minimum atomic E-state index is -0.514. The van der Waals surface area contributed by atoms with Crippen molar-refractivity contribution in [3.63, 3.8) is 0 Å². The molecule has 15 heavy (non-hydrogen) atoms. The summed E-state index contributed by atoms with van der Waals surface area (Å²) in [5.74, 6) is 0.0194. The summed E-state index contributed by atoms with van der Waals surface area (Å²) in [4.78, 5) is 11.4. The van der Waals surface area contributed by atoms with Crippen LogP contribution in [0.3, 0.4) is 0 Å². The van der Waals surface area contributed by atoms with E-state index >= 15 is 0 Å². The van der Waals surface area contributed by atoms with Gasteiger partial charge in [-0.2, -0.15) is 5.53 Å². The maximum Gasteiger partial charge on any atom is 0.340 e. The van der Waals surface area contributed by atoms with E-state index in [9.17, 15) is 4.79 Å². The lowest BCUT2D eigenvalue weighted by Crippen LogP contribution is -2.05. The number of hydrogen-bond acceptors (Lipinski definition) is 5. The van der Waals surface area contributed by atoms with Crippen LogP contribution in [-0.2, 0) is 4.74 Å². The first-order valence-electron chi connectivity index (χ1n) is 4.11. The van der Waals surface area contributed by atoms with Gasteiger partial charge in [0, 0.05) is 0 Å². The number of nitrogens with one attached hydrogen (secondary N) is 2. The highest BCUT2D eigenvalue weighted by molar-refractivity contribution is 5.96. The Labute approximate surface area is 86.7 Å². The second-order valence-electron chi connectivity index (χ2n) is 2.63. The topological polar surface area (TPSA) is 83.8 Å². The monoisotopic (exact) mass is 209 g/mol. The van der Waals surface area contributed by atoms with Gasteiger partial charge in [0.05, 0.1) is 25.5 Å². The molecule has 6 nitrogen and oxygen atoms in total. The molecule has 0 fully saturated rings. The van der Waals surface area contributed by atoms with Crippen LogP contribution in [0.15, 0.2) is 23.4 Å². The fraction of sp³-hybridized carbons (Fsp3) is 0.222. The van der Waals surface area contributed by atoms with Gasteiger partial charge in [-0.15, -0.1) is 0 Å². The number of esters is 1. The van der Waals surface area contributed by atoms with E-state index in [1.807, 2.05) is 0 Å². The largest absolute Gasteiger partial charge is 0.497 e. The first kappa shape index (κ1) is 11.0. The standard InChI is InChI=1S/C9H11N3O3/c1-14-6-3-4-8(11-12-10)7(5-6)9(13)15-2/h3-5H,1-2H3,(H2,10,11). The minimum absolute atomic E-state index is 0.271. The van der Waals surface area contributed by atoms with Crippen LogP contribution >= 0.6 is 0 Å². The normalized spacial score (nSPS) is 9.20. The molecule has 6 heteroatoms. The highest BCUT2D eigenvalue weighted by atomic mass is 16.5. The quantitative estimate of drug-likeness (QED) is 0.450. The zero-order chi connectivity index (χ0) is 11.3. The fourth-order valence-electron chi connectivity index (χ4n) is 1.09. The Morgan fingerprint density at radius 1 is 1.47 bits per heavy atom. The van der Waals surface area contributed by atoms with Crippen molar-refractivity contribution < 1.29 is 14.3 Å². The molecular formula is C9H11N3O3. The Bertz CT molecular complexity index is 379. The predicted molar refractivity (Wildman–Crippen MR) is 53.1 cm³/mol. The molecule has 0 spiro atoms. The molecule has 0 saturated carbocycles. The molecule has 0 aromatic heterocycles. The molecule has 80 valence electrons. The lowest BCUT2D eigenvalue weighted by atomic mass is 10.1. The molecule has 0 saturated heterocycles. The Hall–Kier alpha value is -2.11. The highest BCUT2D eigenvalue weighted by Crippen LogP contribution is 2.22. The third-order valence-corrected chi connectivity index (χ3v) is 1.81. The number of rotatable bonds is 4. The molecule has 0 aliphatic rings. The van der Waals surface area contributed by atoms with Crippen LogP contribution in [0.1, 0.15) is 10.4 Å². The Morgan fingerprint density at radius 2 is 2.20 bits per heavy atom. The zero-order valence-corrected chi connectivity index (χ0v) is 8.40. The number of anilines is 1. The Kier molecular flexibility index (Phi) is 3.61. The van der Waals surface area contributed by atoms with Gasteiger partial charge in [-0.3, -0.25) is 5.43 Å². The summed E-state index contributed by atoms with van der Waals surface area (Å²) in [6, 6.07) is 4.75. The molecule has 0 aliphatic heterocycles. The van der Waals surface area contributed by atoms with Gasteiger partial charge >= 0.3 is 5.97 Å². The summed E-state index contributed by atoms with van der Waals surface area (Å²) < 4.78 is 9.55. The van der Waals surface area contributed by atoms with Crippen LogP contribution in [-0.4, -0.2) is 20.2 Å². The van der Waals surface area contributed by atoms with Gasteiger partial charge in [-0.1, -0.05) is 5.22 Å². The van der Waals surface area contributed by atoms with E-state index in [4.69, 9.17) is 10.3 Å².